The molecule has 0 atom stereocenters. The molecule has 0 aliphatic heterocycles. The van der Waals surface area contributed by atoms with E-state index in [1.54, 1.807) is 6.07 Å². The minimum absolute atomic E-state index is 0.107. The molecule has 0 saturated heterocycles. The maximum absolute atomic E-state index is 12.3. The average molecular weight is 188 g/mol. The van der Waals surface area contributed by atoms with E-state index >= 15 is 0 Å². The number of rotatable bonds is 2. The highest BCUT2D eigenvalue weighted by molar-refractivity contribution is 5.29. The van der Waals surface area contributed by atoms with Crippen LogP contribution in [-0.4, -0.2) is 7.05 Å². The summed E-state index contributed by atoms with van der Waals surface area (Å²) in [6.07, 6.45) is -4.28. The van der Waals surface area contributed by atoms with Crippen LogP contribution in [0.1, 0.15) is 11.1 Å². The molecular weight excluding hydrogens is 179 g/mol. The Hall–Kier alpha value is -1.03. The number of hydrogen-bond acceptors (Lipinski definition) is 0. The first-order valence-electron chi connectivity index (χ1n) is 3.76. The lowest BCUT2D eigenvalue weighted by atomic mass is 10.1. The molecule has 0 heterocycles. The van der Waals surface area contributed by atoms with E-state index in [-0.39, 0.29) is 12.1 Å². The van der Waals surface area contributed by atoms with Gasteiger partial charge in [0, 0.05) is 13.6 Å². The summed E-state index contributed by atoms with van der Waals surface area (Å²) in [7, 11) is 1.49. The molecule has 0 saturated carbocycles. The van der Waals surface area contributed by atoms with Crippen molar-refractivity contribution in [3.8, 4) is 0 Å². The third kappa shape index (κ3) is 2.45. The summed E-state index contributed by atoms with van der Waals surface area (Å²) in [5.41, 5.74) is -0.377. The first kappa shape index (κ1) is 10.1. The second kappa shape index (κ2) is 3.79. The van der Waals surface area contributed by atoms with Gasteiger partial charge < -0.3 is 0 Å². The molecule has 1 rings (SSSR count). The van der Waals surface area contributed by atoms with E-state index in [9.17, 15) is 13.2 Å². The summed E-state index contributed by atoms with van der Waals surface area (Å²) in [5, 5.41) is 3.68. The zero-order valence-electron chi connectivity index (χ0n) is 7.10. The van der Waals surface area contributed by atoms with Crippen LogP contribution in [0.25, 0.3) is 0 Å². The summed E-state index contributed by atoms with van der Waals surface area (Å²) >= 11 is 0. The normalized spacial score (nSPS) is 11.7. The third-order valence-electron chi connectivity index (χ3n) is 1.65. The molecule has 1 aromatic rings. The van der Waals surface area contributed by atoms with Crippen LogP contribution in [0.15, 0.2) is 24.3 Å². The number of hydrogen-bond donors (Lipinski definition) is 0. The van der Waals surface area contributed by atoms with Gasteiger partial charge in [0.2, 0.25) is 0 Å². The van der Waals surface area contributed by atoms with Gasteiger partial charge in [-0.3, -0.25) is 0 Å². The van der Waals surface area contributed by atoms with Gasteiger partial charge in [-0.25, -0.2) is 5.32 Å². The lowest BCUT2D eigenvalue weighted by Crippen LogP contribution is -2.11. The van der Waals surface area contributed by atoms with Crippen LogP contribution in [0.2, 0.25) is 0 Å². The molecule has 0 aliphatic rings. The van der Waals surface area contributed by atoms with Crippen molar-refractivity contribution in [2.75, 3.05) is 7.05 Å². The summed E-state index contributed by atoms with van der Waals surface area (Å²) < 4.78 is 37.0. The molecule has 0 amide bonds. The van der Waals surface area contributed by atoms with E-state index < -0.39 is 11.7 Å². The summed E-state index contributed by atoms with van der Waals surface area (Å²) in [6, 6.07) is 5.47. The molecule has 0 N–H and O–H groups in total. The Morgan fingerprint density at radius 1 is 1.23 bits per heavy atom. The molecule has 0 fully saturated rings. The van der Waals surface area contributed by atoms with E-state index in [0.717, 1.165) is 6.07 Å². The number of halogens is 3. The van der Waals surface area contributed by atoms with Gasteiger partial charge >= 0.3 is 6.18 Å². The first-order valence-corrected chi connectivity index (χ1v) is 3.76. The Bertz CT molecular complexity index is 280. The second-order valence-corrected chi connectivity index (χ2v) is 2.63. The molecule has 4 heteroatoms. The first-order chi connectivity index (χ1) is 6.05. The van der Waals surface area contributed by atoms with Crippen molar-refractivity contribution in [3.05, 3.63) is 35.4 Å². The van der Waals surface area contributed by atoms with Crippen LogP contribution in [0, 0.1) is 0 Å². The van der Waals surface area contributed by atoms with Crippen molar-refractivity contribution in [1.82, 2.24) is 5.32 Å². The van der Waals surface area contributed by atoms with Gasteiger partial charge in [0.15, 0.2) is 0 Å². The van der Waals surface area contributed by atoms with Gasteiger partial charge in [0.25, 0.3) is 0 Å². The minimum atomic E-state index is -4.28. The van der Waals surface area contributed by atoms with Crippen LogP contribution in [0.3, 0.4) is 0 Å². The fourth-order valence-electron chi connectivity index (χ4n) is 1.11. The van der Waals surface area contributed by atoms with Crippen LogP contribution in [0.5, 0.6) is 0 Å². The monoisotopic (exact) mass is 188 g/mol. The van der Waals surface area contributed by atoms with Crippen molar-refractivity contribution >= 4 is 0 Å². The highest BCUT2D eigenvalue weighted by Crippen LogP contribution is 2.31. The smallest absolute Gasteiger partial charge is 0.240 e. The predicted octanol–water partition coefficient (Wildman–Crippen LogP) is 2.44. The topological polar surface area (TPSA) is 14.1 Å². The Labute approximate surface area is 74.6 Å². The molecule has 0 aliphatic carbocycles. The zero-order valence-corrected chi connectivity index (χ0v) is 7.10. The number of benzene rings is 1. The highest BCUT2D eigenvalue weighted by Gasteiger charge is 2.32. The van der Waals surface area contributed by atoms with Crippen molar-refractivity contribution in [2.45, 2.75) is 12.7 Å². The standard InChI is InChI=1S/C9H9F3N/c1-13-6-7-4-2-3-5-8(7)9(10,11)12/h2-5H,6H2,1H3. The fourth-order valence-corrected chi connectivity index (χ4v) is 1.11. The van der Waals surface area contributed by atoms with E-state index in [0.29, 0.717) is 0 Å². The molecule has 1 nitrogen and oxygen atoms in total. The highest BCUT2D eigenvalue weighted by atomic mass is 19.4. The van der Waals surface area contributed by atoms with Crippen molar-refractivity contribution < 1.29 is 13.2 Å². The largest absolute Gasteiger partial charge is 0.416 e. The molecule has 71 valence electrons. The van der Waals surface area contributed by atoms with Crippen LogP contribution < -0.4 is 5.32 Å². The SMILES string of the molecule is C[N]Cc1ccccc1C(F)(F)F. The Kier molecular flexibility index (Phi) is 2.93. The van der Waals surface area contributed by atoms with Gasteiger partial charge in [-0.05, 0) is 11.6 Å². The van der Waals surface area contributed by atoms with Gasteiger partial charge in [-0.1, -0.05) is 18.2 Å². The van der Waals surface area contributed by atoms with Crippen molar-refractivity contribution in [1.29, 1.82) is 0 Å². The van der Waals surface area contributed by atoms with Crippen LogP contribution in [-0.2, 0) is 12.7 Å². The quantitative estimate of drug-likeness (QED) is 0.676. The van der Waals surface area contributed by atoms with Crippen molar-refractivity contribution in [3.63, 3.8) is 0 Å². The van der Waals surface area contributed by atoms with E-state index in [1.807, 2.05) is 0 Å². The van der Waals surface area contributed by atoms with Gasteiger partial charge in [-0.15, -0.1) is 0 Å². The van der Waals surface area contributed by atoms with E-state index in [1.165, 1.54) is 19.2 Å². The van der Waals surface area contributed by atoms with Gasteiger partial charge in [-0.2, -0.15) is 13.2 Å². The average Bonchev–Trinajstić information content (AvgIpc) is 2.04. The van der Waals surface area contributed by atoms with Crippen molar-refractivity contribution in [2.24, 2.45) is 0 Å². The van der Waals surface area contributed by atoms with E-state index in [2.05, 4.69) is 5.32 Å². The Morgan fingerprint density at radius 2 is 1.85 bits per heavy atom. The molecule has 0 unspecified atom stereocenters. The Morgan fingerprint density at radius 3 is 2.38 bits per heavy atom. The molecule has 1 aromatic carbocycles. The molecule has 0 bridgehead atoms. The lowest BCUT2D eigenvalue weighted by molar-refractivity contribution is -0.138. The number of alkyl halides is 3. The molecule has 0 spiro atoms. The Balaban J connectivity index is 3.05. The summed E-state index contributed by atoms with van der Waals surface area (Å²) in [6.45, 7) is 0.107. The molecule has 0 aromatic heterocycles. The fraction of sp³-hybridized carbons (Fsp3) is 0.333. The minimum Gasteiger partial charge on any atom is -0.240 e. The maximum atomic E-state index is 12.3. The zero-order chi connectivity index (χ0) is 9.90. The van der Waals surface area contributed by atoms with Crippen LogP contribution >= 0.6 is 0 Å². The number of nitrogens with zero attached hydrogens (tertiary/aromatic N) is 1. The summed E-state index contributed by atoms with van der Waals surface area (Å²) in [5.74, 6) is 0. The predicted molar refractivity (Wildman–Crippen MR) is 43.2 cm³/mol. The van der Waals surface area contributed by atoms with Gasteiger partial charge in [0.1, 0.15) is 0 Å². The third-order valence-corrected chi connectivity index (χ3v) is 1.65. The summed E-state index contributed by atoms with van der Waals surface area (Å²) in [4.78, 5) is 0. The lowest BCUT2D eigenvalue weighted by Gasteiger charge is -2.11. The second-order valence-electron chi connectivity index (χ2n) is 2.63. The van der Waals surface area contributed by atoms with E-state index in [4.69, 9.17) is 0 Å². The molecular formula is C9H9F3N. The maximum Gasteiger partial charge on any atom is 0.416 e. The van der Waals surface area contributed by atoms with Crippen LogP contribution in [0.4, 0.5) is 13.2 Å². The molecule has 13 heavy (non-hydrogen) atoms. The molecule has 1 radical (unpaired) electrons. The van der Waals surface area contributed by atoms with Gasteiger partial charge in [0.05, 0.1) is 5.56 Å².